The van der Waals surface area contributed by atoms with Crippen molar-refractivity contribution in [3.8, 4) is 0 Å². The molecule has 0 atom stereocenters. The van der Waals surface area contributed by atoms with Crippen LogP contribution in [-0.2, 0) is 5.75 Å². The van der Waals surface area contributed by atoms with E-state index in [1.54, 1.807) is 18.0 Å². The number of aromatic nitrogens is 1. The molecule has 0 unspecified atom stereocenters. The van der Waals surface area contributed by atoms with Crippen LogP contribution in [0.3, 0.4) is 0 Å². The van der Waals surface area contributed by atoms with Gasteiger partial charge in [0.1, 0.15) is 0 Å². The molecule has 0 bridgehead atoms. The molecule has 6 heteroatoms. The average molecular weight is 338 g/mol. The first kappa shape index (κ1) is 13.9. The summed E-state index contributed by atoms with van der Waals surface area (Å²) >= 11 is 4.95. The van der Waals surface area contributed by atoms with Gasteiger partial charge in [-0.05, 0) is 33.6 Å². The van der Waals surface area contributed by atoms with Gasteiger partial charge in [-0.1, -0.05) is 29.4 Å². The molecule has 1 aromatic heterocycles. The summed E-state index contributed by atoms with van der Waals surface area (Å²) in [6.45, 7) is 0. The number of hydrogen-bond acceptors (Lipinski definition) is 4. The van der Waals surface area contributed by atoms with Gasteiger partial charge >= 0.3 is 0 Å². The van der Waals surface area contributed by atoms with Crippen molar-refractivity contribution in [1.82, 2.24) is 4.98 Å². The fourth-order valence-electron chi connectivity index (χ4n) is 1.55. The van der Waals surface area contributed by atoms with Crippen LogP contribution in [0.4, 0.5) is 0 Å². The van der Waals surface area contributed by atoms with Gasteiger partial charge in [-0.3, -0.25) is 0 Å². The fraction of sp³-hybridized carbons (Fsp3) is 0.0769. The van der Waals surface area contributed by atoms with Gasteiger partial charge in [-0.2, -0.15) is 0 Å². The number of oxime groups is 1. The van der Waals surface area contributed by atoms with E-state index < -0.39 is 0 Å². The number of nitrogens with zero attached hydrogens (tertiary/aromatic N) is 2. The molecule has 0 spiro atoms. The lowest BCUT2D eigenvalue weighted by Crippen LogP contribution is -2.15. The molecule has 0 aliphatic carbocycles. The summed E-state index contributed by atoms with van der Waals surface area (Å²) in [6, 6.07) is 11.5. The first-order valence-electron chi connectivity index (χ1n) is 5.51. The quantitative estimate of drug-likeness (QED) is 0.295. The van der Waals surface area contributed by atoms with Crippen LogP contribution >= 0.6 is 27.7 Å². The lowest BCUT2D eigenvalue weighted by atomic mass is 10.1. The Labute approximate surface area is 123 Å². The standard InChI is InChI=1S/C13H12BrN3OS/c14-10-5-6-12(16-7-10)19-8-9-3-1-2-4-11(9)13(15)17-18/h1-7,18H,8H2,(H2,15,17). The third-order valence-corrected chi connectivity index (χ3v) is 3.94. The zero-order valence-electron chi connectivity index (χ0n) is 9.95. The summed E-state index contributed by atoms with van der Waals surface area (Å²) in [7, 11) is 0. The molecule has 3 N–H and O–H groups in total. The lowest BCUT2D eigenvalue weighted by molar-refractivity contribution is 0.318. The number of hydrogen-bond donors (Lipinski definition) is 2. The Hall–Kier alpha value is -1.53. The van der Waals surface area contributed by atoms with E-state index in [2.05, 4.69) is 26.1 Å². The topological polar surface area (TPSA) is 71.5 Å². The summed E-state index contributed by atoms with van der Waals surface area (Å²) in [4.78, 5) is 4.29. The number of thioether (sulfide) groups is 1. The number of nitrogens with two attached hydrogens (primary N) is 1. The molecule has 4 nitrogen and oxygen atoms in total. The smallest absolute Gasteiger partial charge is 0.170 e. The van der Waals surface area contributed by atoms with Gasteiger partial charge < -0.3 is 10.9 Å². The Balaban J connectivity index is 2.13. The molecule has 2 rings (SSSR count). The van der Waals surface area contributed by atoms with Gasteiger partial charge in [0.05, 0.1) is 5.03 Å². The maximum atomic E-state index is 8.77. The summed E-state index contributed by atoms with van der Waals surface area (Å²) in [5, 5.41) is 12.7. The van der Waals surface area contributed by atoms with Gasteiger partial charge in [0.15, 0.2) is 5.84 Å². The van der Waals surface area contributed by atoms with Crippen LogP contribution in [0.5, 0.6) is 0 Å². The van der Waals surface area contributed by atoms with Crippen molar-refractivity contribution >= 4 is 33.5 Å². The highest BCUT2D eigenvalue weighted by molar-refractivity contribution is 9.10. The number of amidine groups is 1. The van der Waals surface area contributed by atoms with E-state index in [9.17, 15) is 0 Å². The van der Waals surface area contributed by atoms with Crippen LogP contribution in [0.1, 0.15) is 11.1 Å². The van der Waals surface area contributed by atoms with E-state index in [4.69, 9.17) is 10.9 Å². The number of pyridine rings is 1. The van der Waals surface area contributed by atoms with Gasteiger partial charge in [-0.25, -0.2) is 4.98 Å². The normalized spacial score (nSPS) is 11.5. The van der Waals surface area contributed by atoms with E-state index in [-0.39, 0.29) is 5.84 Å². The van der Waals surface area contributed by atoms with E-state index in [0.29, 0.717) is 5.75 Å². The highest BCUT2D eigenvalue weighted by atomic mass is 79.9. The summed E-state index contributed by atoms with van der Waals surface area (Å²) in [5.41, 5.74) is 7.40. The predicted molar refractivity (Wildman–Crippen MR) is 80.5 cm³/mol. The van der Waals surface area contributed by atoms with Crippen molar-refractivity contribution in [1.29, 1.82) is 0 Å². The number of rotatable bonds is 4. The van der Waals surface area contributed by atoms with Crippen molar-refractivity contribution in [2.75, 3.05) is 0 Å². The first-order chi connectivity index (χ1) is 9.20. The third-order valence-electron chi connectivity index (χ3n) is 2.48. The van der Waals surface area contributed by atoms with Gasteiger partial charge in [-0.15, -0.1) is 11.8 Å². The van der Waals surface area contributed by atoms with Crippen LogP contribution in [0.15, 0.2) is 57.2 Å². The highest BCUT2D eigenvalue weighted by Crippen LogP contribution is 2.23. The molecular formula is C13H12BrN3OS. The molecule has 1 aromatic carbocycles. The van der Waals surface area contributed by atoms with Crippen molar-refractivity contribution in [3.63, 3.8) is 0 Å². The maximum Gasteiger partial charge on any atom is 0.170 e. The number of benzene rings is 1. The summed E-state index contributed by atoms with van der Waals surface area (Å²) in [5.74, 6) is 0.834. The van der Waals surface area contributed by atoms with Crippen LogP contribution < -0.4 is 5.73 Å². The van der Waals surface area contributed by atoms with Gasteiger partial charge in [0.25, 0.3) is 0 Å². The molecule has 0 amide bonds. The molecule has 98 valence electrons. The molecule has 0 aliphatic heterocycles. The number of halogens is 1. The van der Waals surface area contributed by atoms with Crippen molar-refractivity contribution < 1.29 is 5.21 Å². The second-order valence-electron chi connectivity index (χ2n) is 3.75. The Morgan fingerprint density at radius 3 is 2.79 bits per heavy atom. The molecule has 19 heavy (non-hydrogen) atoms. The van der Waals surface area contributed by atoms with Crippen LogP contribution in [0, 0.1) is 0 Å². The van der Waals surface area contributed by atoms with Crippen LogP contribution in [0.2, 0.25) is 0 Å². The molecule has 0 saturated carbocycles. The Morgan fingerprint density at radius 2 is 2.11 bits per heavy atom. The first-order valence-corrected chi connectivity index (χ1v) is 7.28. The van der Waals surface area contributed by atoms with Crippen molar-refractivity contribution in [2.24, 2.45) is 10.9 Å². The Morgan fingerprint density at radius 1 is 1.32 bits per heavy atom. The molecular weight excluding hydrogens is 326 g/mol. The molecule has 2 aromatic rings. The molecule has 1 heterocycles. The van der Waals surface area contributed by atoms with E-state index in [0.717, 1.165) is 20.6 Å². The third kappa shape index (κ3) is 3.71. The van der Waals surface area contributed by atoms with Crippen molar-refractivity contribution in [2.45, 2.75) is 10.8 Å². The van der Waals surface area contributed by atoms with E-state index >= 15 is 0 Å². The lowest BCUT2D eigenvalue weighted by Gasteiger charge is -2.07. The molecule has 0 saturated heterocycles. The van der Waals surface area contributed by atoms with Crippen molar-refractivity contribution in [3.05, 3.63) is 58.2 Å². The highest BCUT2D eigenvalue weighted by Gasteiger charge is 2.07. The predicted octanol–water partition coefficient (Wildman–Crippen LogP) is 3.23. The minimum atomic E-state index is 0.125. The second-order valence-corrected chi connectivity index (χ2v) is 5.66. The fourth-order valence-corrected chi connectivity index (χ4v) is 2.63. The van der Waals surface area contributed by atoms with E-state index in [1.807, 2.05) is 36.4 Å². The monoisotopic (exact) mass is 337 g/mol. The van der Waals surface area contributed by atoms with Gasteiger partial charge in [0.2, 0.25) is 0 Å². The largest absolute Gasteiger partial charge is 0.409 e. The minimum Gasteiger partial charge on any atom is -0.409 e. The zero-order valence-corrected chi connectivity index (χ0v) is 12.4. The van der Waals surface area contributed by atoms with Gasteiger partial charge in [0, 0.05) is 22.0 Å². The summed E-state index contributed by atoms with van der Waals surface area (Å²) < 4.78 is 0.953. The van der Waals surface area contributed by atoms with Crippen LogP contribution in [0.25, 0.3) is 0 Å². The Kier molecular flexibility index (Phi) is 4.81. The Bertz CT molecular complexity index is 587. The molecule has 0 radical (unpaired) electrons. The maximum absolute atomic E-state index is 8.77. The second kappa shape index (κ2) is 6.58. The van der Waals surface area contributed by atoms with Crippen LogP contribution in [-0.4, -0.2) is 16.0 Å². The SMILES string of the molecule is NC(=NO)c1ccccc1CSc1ccc(Br)cn1. The van der Waals surface area contributed by atoms with E-state index in [1.165, 1.54) is 0 Å². The average Bonchev–Trinajstić information content (AvgIpc) is 2.46. The summed E-state index contributed by atoms with van der Waals surface area (Å²) in [6.07, 6.45) is 1.76. The molecule has 0 fully saturated rings. The zero-order chi connectivity index (χ0) is 13.7. The minimum absolute atomic E-state index is 0.125. The molecule has 0 aliphatic rings.